The largest absolute Gasteiger partial charge is 0.356 e. The number of pyridine rings is 1. The Morgan fingerprint density at radius 3 is 3.06 bits per heavy atom. The Morgan fingerprint density at radius 1 is 1.44 bits per heavy atom. The van der Waals surface area contributed by atoms with Crippen molar-refractivity contribution in [3.63, 3.8) is 0 Å². The van der Waals surface area contributed by atoms with Crippen LogP contribution in [-0.2, 0) is 11.2 Å². The summed E-state index contributed by atoms with van der Waals surface area (Å²) in [6, 6.07) is 3.69. The van der Waals surface area contributed by atoms with Crippen LogP contribution in [0, 0.1) is 0 Å². The van der Waals surface area contributed by atoms with E-state index >= 15 is 0 Å². The summed E-state index contributed by atoms with van der Waals surface area (Å²) in [6.45, 7) is 2.61. The Kier molecular flexibility index (Phi) is 4.20. The molecule has 0 bridgehead atoms. The lowest BCUT2D eigenvalue weighted by Gasteiger charge is -2.01. The molecule has 2 aromatic rings. The fourth-order valence-corrected chi connectivity index (χ4v) is 1.95. The van der Waals surface area contributed by atoms with E-state index in [0.717, 1.165) is 24.2 Å². The maximum atomic E-state index is 11.3. The molecule has 0 aromatic carbocycles. The van der Waals surface area contributed by atoms with Gasteiger partial charge in [0.05, 0.1) is 10.7 Å². The van der Waals surface area contributed by atoms with Gasteiger partial charge >= 0.3 is 0 Å². The minimum absolute atomic E-state index is 0.101. The maximum Gasteiger partial charge on any atom is 0.219 e. The van der Waals surface area contributed by atoms with Crippen molar-refractivity contribution in [2.24, 2.45) is 0 Å². The van der Waals surface area contributed by atoms with Gasteiger partial charge in [-0.2, -0.15) is 0 Å². The maximum absolute atomic E-state index is 11.3. The molecule has 0 aliphatic carbocycles. The molecule has 2 heterocycles. The number of amides is 1. The molecule has 0 unspecified atom stereocenters. The summed E-state index contributed by atoms with van der Waals surface area (Å²) >= 11 is 5.90. The monoisotopic (exact) mass is 265 g/mol. The van der Waals surface area contributed by atoms with Crippen LogP contribution in [0.1, 0.15) is 25.5 Å². The highest BCUT2D eigenvalue weighted by molar-refractivity contribution is 6.30. The van der Waals surface area contributed by atoms with Gasteiger partial charge in [0.2, 0.25) is 5.91 Å². The topological polar surface area (TPSA) is 46.4 Å². The zero-order chi connectivity index (χ0) is 13.0. The number of carbonyl (C=O) groups is 1. The van der Waals surface area contributed by atoms with E-state index in [4.69, 9.17) is 11.6 Å². The predicted octanol–water partition coefficient (Wildman–Crippen LogP) is 2.45. The van der Waals surface area contributed by atoms with Gasteiger partial charge in [0, 0.05) is 31.8 Å². The van der Waals surface area contributed by atoms with Crippen LogP contribution < -0.4 is 5.32 Å². The van der Waals surface area contributed by atoms with Crippen molar-refractivity contribution in [3.8, 4) is 0 Å². The number of aromatic nitrogens is 2. The van der Waals surface area contributed by atoms with Crippen molar-refractivity contribution in [1.29, 1.82) is 0 Å². The average molecular weight is 266 g/mol. The lowest BCUT2D eigenvalue weighted by atomic mass is 10.3. The minimum Gasteiger partial charge on any atom is -0.356 e. The number of nitrogens with zero attached hydrogens (tertiary/aromatic N) is 2. The van der Waals surface area contributed by atoms with Crippen LogP contribution in [-0.4, -0.2) is 21.8 Å². The van der Waals surface area contributed by atoms with Crippen LogP contribution >= 0.6 is 11.6 Å². The number of imidazole rings is 1. The third kappa shape index (κ3) is 3.23. The van der Waals surface area contributed by atoms with Gasteiger partial charge in [-0.05, 0) is 18.6 Å². The molecule has 2 aromatic heterocycles. The number of hydrogen-bond donors (Lipinski definition) is 1. The molecule has 0 saturated heterocycles. The standard InChI is InChI=1S/C13H16ClN3O/c1-2-3-13(18)15-7-6-11-9-17-8-10(14)4-5-12(17)16-11/h4-5,8-9H,2-3,6-7H2,1H3,(H,15,18). The fourth-order valence-electron chi connectivity index (χ4n) is 1.78. The summed E-state index contributed by atoms with van der Waals surface area (Å²) in [5.74, 6) is 0.101. The molecule has 0 aliphatic heterocycles. The van der Waals surface area contributed by atoms with Gasteiger partial charge in [-0.1, -0.05) is 18.5 Å². The second kappa shape index (κ2) is 5.87. The van der Waals surface area contributed by atoms with E-state index in [-0.39, 0.29) is 5.91 Å². The van der Waals surface area contributed by atoms with E-state index in [1.54, 1.807) is 0 Å². The highest BCUT2D eigenvalue weighted by Crippen LogP contribution is 2.11. The van der Waals surface area contributed by atoms with Crippen molar-refractivity contribution in [1.82, 2.24) is 14.7 Å². The number of fused-ring (bicyclic) bond motifs is 1. The molecule has 18 heavy (non-hydrogen) atoms. The highest BCUT2D eigenvalue weighted by atomic mass is 35.5. The lowest BCUT2D eigenvalue weighted by Crippen LogP contribution is -2.25. The number of halogens is 1. The Labute approximate surface area is 111 Å². The Morgan fingerprint density at radius 2 is 2.28 bits per heavy atom. The minimum atomic E-state index is 0.101. The fraction of sp³-hybridized carbons (Fsp3) is 0.385. The van der Waals surface area contributed by atoms with Crippen LogP contribution in [0.4, 0.5) is 0 Å². The Hall–Kier alpha value is -1.55. The second-order valence-corrected chi connectivity index (χ2v) is 4.63. The summed E-state index contributed by atoms with van der Waals surface area (Å²) in [5.41, 5.74) is 1.82. The van der Waals surface area contributed by atoms with Gasteiger partial charge in [-0.15, -0.1) is 0 Å². The zero-order valence-electron chi connectivity index (χ0n) is 10.3. The molecule has 1 amide bonds. The second-order valence-electron chi connectivity index (χ2n) is 4.19. The van der Waals surface area contributed by atoms with Crippen molar-refractivity contribution in [2.45, 2.75) is 26.2 Å². The van der Waals surface area contributed by atoms with Gasteiger partial charge in [-0.3, -0.25) is 4.79 Å². The first-order valence-corrected chi connectivity index (χ1v) is 6.46. The van der Waals surface area contributed by atoms with Crippen LogP contribution in [0.25, 0.3) is 5.65 Å². The third-order valence-electron chi connectivity index (χ3n) is 2.65. The van der Waals surface area contributed by atoms with Crippen LogP contribution in [0.15, 0.2) is 24.5 Å². The summed E-state index contributed by atoms with van der Waals surface area (Å²) in [4.78, 5) is 15.7. The van der Waals surface area contributed by atoms with Crippen molar-refractivity contribution in [2.75, 3.05) is 6.54 Å². The molecular weight excluding hydrogens is 250 g/mol. The van der Waals surface area contributed by atoms with Crippen LogP contribution in [0.5, 0.6) is 0 Å². The molecule has 0 radical (unpaired) electrons. The van der Waals surface area contributed by atoms with Crippen molar-refractivity contribution in [3.05, 3.63) is 35.2 Å². The zero-order valence-corrected chi connectivity index (χ0v) is 11.1. The molecule has 0 atom stereocenters. The van der Waals surface area contributed by atoms with E-state index < -0.39 is 0 Å². The van der Waals surface area contributed by atoms with Crippen molar-refractivity contribution < 1.29 is 4.79 Å². The first-order chi connectivity index (χ1) is 8.69. The molecule has 96 valence electrons. The molecular formula is C13H16ClN3O. The Balaban J connectivity index is 1.94. The van der Waals surface area contributed by atoms with Gasteiger partial charge in [0.25, 0.3) is 0 Å². The molecule has 5 heteroatoms. The molecule has 1 N–H and O–H groups in total. The number of hydrogen-bond acceptors (Lipinski definition) is 2. The highest BCUT2D eigenvalue weighted by Gasteiger charge is 2.03. The first kappa shape index (κ1) is 12.9. The smallest absolute Gasteiger partial charge is 0.219 e. The summed E-state index contributed by atoms with van der Waals surface area (Å²) in [5, 5.41) is 3.56. The van der Waals surface area contributed by atoms with Crippen molar-refractivity contribution >= 4 is 23.2 Å². The number of nitrogens with one attached hydrogen (secondary N) is 1. The Bertz CT molecular complexity index is 550. The molecule has 2 rings (SSSR count). The quantitative estimate of drug-likeness (QED) is 0.903. The van der Waals surface area contributed by atoms with Gasteiger partial charge in [0.1, 0.15) is 5.65 Å². The van der Waals surface area contributed by atoms with Gasteiger partial charge in [0.15, 0.2) is 0 Å². The van der Waals surface area contributed by atoms with Crippen LogP contribution in [0.3, 0.4) is 0 Å². The number of carbonyl (C=O) groups excluding carboxylic acids is 1. The summed E-state index contributed by atoms with van der Waals surface area (Å²) < 4.78 is 1.89. The summed E-state index contributed by atoms with van der Waals surface area (Å²) in [6.07, 6.45) is 5.95. The van der Waals surface area contributed by atoms with E-state index in [9.17, 15) is 4.79 Å². The van der Waals surface area contributed by atoms with Gasteiger partial charge < -0.3 is 9.72 Å². The first-order valence-electron chi connectivity index (χ1n) is 6.09. The molecule has 0 aliphatic rings. The molecule has 0 saturated carbocycles. The van der Waals surface area contributed by atoms with E-state index in [1.165, 1.54) is 0 Å². The molecule has 0 fully saturated rings. The summed E-state index contributed by atoms with van der Waals surface area (Å²) in [7, 11) is 0. The molecule has 4 nitrogen and oxygen atoms in total. The van der Waals surface area contributed by atoms with E-state index in [2.05, 4.69) is 10.3 Å². The SMILES string of the molecule is CCCC(=O)NCCc1cn2cc(Cl)ccc2n1. The number of rotatable bonds is 5. The molecule has 0 spiro atoms. The lowest BCUT2D eigenvalue weighted by molar-refractivity contribution is -0.121. The van der Waals surface area contributed by atoms with E-state index in [0.29, 0.717) is 18.0 Å². The van der Waals surface area contributed by atoms with Crippen LogP contribution in [0.2, 0.25) is 5.02 Å². The normalized spacial score (nSPS) is 10.8. The predicted molar refractivity (Wildman–Crippen MR) is 71.8 cm³/mol. The van der Waals surface area contributed by atoms with E-state index in [1.807, 2.05) is 35.9 Å². The average Bonchev–Trinajstić information content (AvgIpc) is 2.71. The third-order valence-corrected chi connectivity index (χ3v) is 2.87. The van der Waals surface area contributed by atoms with Gasteiger partial charge in [-0.25, -0.2) is 4.98 Å².